The average Bonchev–Trinajstić information content (AvgIpc) is 3.57. The van der Waals surface area contributed by atoms with Crippen molar-refractivity contribution in [2.45, 2.75) is 44.3 Å². The number of nitrogens with zero attached hydrogens (tertiary/aromatic N) is 3. The molecule has 3 heterocycles. The van der Waals surface area contributed by atoms with Crippen LogP contribution < -0.4 is 10.2 Å². The molecule has 0 saturated carbocycles. The zero-order valence-corrected chi connectivity index (χ0v) is 23.1. The molecule has 10 heteroatoms. The van der Waals surface area contributed by atoms with E-state index in [-0.39, 0.29) is 16.9 Å². The summed E-state index contributed by atoms with van der Waals surface area (Å²) < 4.78 is 39.9. The number of likely N-dealkylation sites (tertiary alicyclic amines) is 1. The summed E-state index contributed by atoms with van der Waals surface area (Å²) in [5.41, 5.74) is 2.52. The number of amides is 2. The van der Waals surface area contributed by atoms with Gasteiger partial charge in [-0.25, -0.2) is 0 Å². The number of piperidine rings is 1. The van der Waals surface area contributed by atoms with Crippen LogP contribution in [0.4, 0.5) is 18.9 Å². The molecule has 3 aromatic rings. The van der Waals surface area contributed by atoms with Crippen molar-refractivity contribution in [3.05, 3.63) is 93.8 Å². The van der Waals surface area contributed by atoms with Crippen LogP contribution in [0.3, 0.4) is 0 Å². The van der Waals surface area contributed by atoms with Crippen molar-refractivity contribution in [3.63, 3.8) is 0 Å². The number of halogens is 4. The van der Waals surface area contributed by atoms with E-state index < -0.39 is 28.7 Å². The Morgan fingerprint density at radius 3 is 2.46 bits per heavy atom. The number of carbonyl (C=O) groups is 2. The first-order valence-electron chi connectivity index (χ1n) is 13.9. The molecule has 6 nitrogen and oxygen atoms in total. The average molecular weight is 583 g/mol. The van der Waals surface area contributed by atoms with E-state index in [0.29, 0.717) is 31.5 Å². The summed E-state index contributed by atoms with van der Waals surface area (Å²) in [6.07, 6.45) is 3.26. The van der Waals surface area contributed by atoms with Gasteiger partial charge in [-0.05, 0) is 85.0 Å². The molecule has 1 unspecified atom stereocenters. The highest BCUT2D eigenvalue weighted by atomic mass is 35.5. The minimum absolute atomic E-state index is 0.0375. The van der Waals surface area contributed by atoms with Gasteiger partial charge < -0.3 is 15.1 Å². The highest BCUT2D eigenvalue weighted by molar-refractivity contribution is 6.34. The van der Waals surface area contributed by atoms with Crippen LogP contribution in [0.25, 0.3) is 0 Å². The number of fused-ring (bicyclic) bond motifs is 1. The number of rotatable bonds is 4. The number of anilines is 1. The molecular formula is C31H30ClF3N4O2. The van der Waals surface area contributed by atoms with Crippen molar-refractivity contribution in [2.75, 3.05) is 31.1 Å². The first-order chi connectivity index (χ1) is 19.6. The molecule has 41 heavy (non-hydrogen) atoms. The van der Waals surface area contributed by atoms with Crippen LogP contribution in [0.15, 0.2) is 60.9 Å². The highest BCUT2D eigenvalue weighted by Gasteiger charge is 2.42. The first-order valence-corrected chi connectivity index (χ1v) is 14.3. The lowest BCUT2D eigenvalue weighted by atomic mass is 9.77. The second kappa shape index (κ2) is 10.7. The Labute approximate surface area is 241 Å². The standard InChI is InChI=1S/C31H30ClF3N4O2/c32-27-23(2-1-3-25(27)31(33,34)35)28(40)37-26-7-6-20-4-5-21(18-24(20)26)29(41)38-15-10-30(11-16-38)12-17-39(19-30)22-8-13-36-14-9-22/h1-5,8-9,13-14,18,26H,6-7,10-12,15-17,19H2,(H,37,40). The van der Waals surface area contributed by atoms with E-state index in [9.17, 15) is 22.8 Å². The van der Waals surface area contributed by atoms with E-state index in [0.717, 1.165) is 49.5 Å². The minimum atomic E-state index is -4.66. The van der Waals surface area contributed by atoms with Crippen LogP contribution in [0.5, 0.6) is 0 Å². The molecule has 0 bridgehead atoms. The van der Waals surface area contributed by atoms with E-state index in [1.165, 1.54) is 17.8 Å². The fourth-order valence-corrected chi connectivity index (χ4v) is 6.85. The molecule has 2 amide bonds. The largest absolute Gasteiger partial charge is 0.417 e. The van der Waals surface area contributed by atoms with E-state index in [1.807, 2.05) is 47.6 Å². The summed E-state index contributed by atoms with van der Waals surface area (Å²) in [5, 5.41) is 2.23. The number of hydrogen-bond donors (Lipinski definition) is 1. The summed E-state index contributed by atoms with van der Waals surface area (Å²) in [4.78, 5) is 34.9. The van der Waals surface area contributed by atoms with Gasteiger partial charge in [-0.15, -0.1) is 0 Å². The van der Waals surface area contributed by atoms with Crippen molar-refractivity contribution >= 4 is 29.1 Å². The third kappa shape index (κ3) is 5.39. The fraction of sp³-hybridized carbons (Fsp3) is 0.387. The lowest BCUT2D eigenvalue weighted by Crippen LogP contribution is -2.44. The monoisotopic (exact) mass is 582 g/mol. The topological polar surface area (TPSA) is 65.5 Å². The molecule has 2 saturated heterocycles. The van der Waals surface area contributed by atoms with Crippen molar-refractivity contribution in [1.29, 1.82) is 0 Å². The van der Waals surface area contributed by atoms with Gasteiger partial charge in [0.2, 0.25) is 0 Å². The SMILES string of the molecule is O=C(NC1CCc2ccc(C(=O)N3CCC4(CC3)CCN(c3ccncc3)C4)cc21)c1cccc(C(F)(F)F)c1Cl. The second-order valence-corrected chi connectivity index (χ2v) is 11.7. The predicted molar refractivity (Wildman–Crippen MR) is 150 cm³/mol. The van der Waals surface area contributed by atoms with Gasteiger partial charge in [0.1, 0.15) is 0 Å². The van der Waals surface area contributed by atoms with Crippen molar-refractivity contribution in [1.82, 2.24) is 15.2 Å². The number of pyridine rings is 1. The van der Waals surface area contributed by atoms with Gasteiger partial charge in [0.25, 0.3) is 11.8 Å². The lowest BCUT2D eigenvalue weighted by Gasteiger charge is -2.39. The Kier molecular flexibility index (Phi) is 7.18. The molecule has 1 atom stereocenters. The van der Waals surface area contributed by atoms with Crippen LogP contribution in [0.2, 0.25) is 5.02 Å². The Hall–Kier alpha value is -3.59. The summed E-state index contributed by atoms with van der Waals surface area (Å²) in [5.74, 6) is -0.709. The summed E-state index contributed by atoms with van der Waals surface area (Å²) in [7, 11) is 0. The first kappa shape index (κ1) is 27.6. The van der Waals surface area contributed by atoms with E-state index in [4.69, 9.17) is 11.6 Å². The molecule has 6 rings (SSSR count). The third-order valence-electron chi connectivity index (χ3n) is 8.90. The van der Waals surface area contributed by atoms with Crippen LogP contribution in [-0.2, 0) is 12.6 Å². The summed E-state index contributed by atoms with van der Waals surface area (Å²) in [6, 6.07) is 12.5. The molecular weight excluding hydrogens is 553 g/mol. The Morgan fingerprint density at radius 2 is 1.73 bits per heavy atom. The number of alkyl halides is 3. The van der Waals surface area contributed by atoms with E-state index in [2.05, 4.69) is 15.2 Å². The number of hydrogen-bond acceptors (Lipinski definition) is 4. The Balaban J connectivity index is 1.12. The van der Waals surface area contributed by atoms with Crippen LogP contribution in [-0.4, -0.2) is 47.9 Å². The number of nitrogens with one attached hydrogen (secondary N) is 1. The van der Waals surface area contributed by atoms with Crippen molar-refractivity contribution in [2.24, 2.45) is 5.41 Å². The molecule has 1 N–H and O–H groups in total. The molecule has 214 valence electrons. The van der Waals surface area contributed by atoms with Gasteiger partial charge in [0.05, 0.1) is 22.2 Å². The van der Waals surface area contributed by atoms with Crippen LogP contribution in [0, 0.1) is 5.41 Å². The molecule has 1 spiro atoms. The number of carbonyl (C=O) groups excluding carboxylic acids is 2. The zero-order chi connectivity index (χ0) is 28.8. The maximum atomic E-state index is 13.5. The molecule has 1 aliphatic carbocycles. The highest BCUT2D eigenvalue weighted by Crippen LogP contribution is 2.42. The zero-order valence-electron chi connectivity index (χ0n) is 22.4. The minimum Gasteiger partial charge on any atom is -0.371 e. The molecule has 2 aromatic carbocycles. The summed E-state index contributed by atoms with van der Waals surface area (Å²) >= 11 is 5.97. The van der Waals surface area contributed by atoms with Gasteiger partial charge in [-0.3, -0.25) is 14.6 Å². The number of aromatic nitrogens is 1. The number of benzene rings is 2. The van der Waals surface area contributed by atoms with E-state index in [1.54, 1.807) is 0 Å². The van der Waals surface area contributed by atoms with Crippen LogP contribution in [0.1, 0.15) is 69.1 Å². The molecule has 1 aromatic heterocycles. The second-order valence-electron chi connectivity index (χ2n) is 11.3. The fourth-order valence-electron chi connectivity index (χ4n) is 6.53. The maximum absolute atomic E-state index is 13.5. The molecule has 0 radical (unpaired) electrons. The van der Waals surface area contributed by atoms with E-state index >= 15 is 0 Å². The van der Waals surface area contributed by atoms with Crippen molar-refractivity contribution < 1.29 is 22.8 Å². The third-order valence-corrected chi connectivity index (χ3v) is 9.31. The molecule has 2 aliphatic heterocycles. The quantitative estimate of drug-likeness (QED) is 0.392. The maximum Gasteiger partial charge on any atom is 0.417 e. The smallest absolute Gasteiger partial charge is 0.371 e. The summed E-state index contributed by atoms with van der Waals surface area (Å²) in [6.45, 7) is 3.36. The van der Waals surface area contributed by atoms with Gasteiger partial charge in [0, 0.05) is 49.8 Å². The van der Waals surface area contributed by atoms with Gasteiger partial charge in [-0.1, -0.05) is 23.7 Å². The lowest BCUT2D eigenvalue weighted by molar-refractivity contribution is -0.137. The number of aryl methyl sites for hydroxylation is 1. The molecule has 3 aliphatic rings. The Morgan fingerprint density at radius 1 is 1.00 bits per heavy atom. The van der Waals surface area contributed by atoms with Crippen LogP contribution >= 0.6 is 11.6 Å². The predicted octanol–water partition coefficient (Wildman–Crippen LogP) is 6.30. The van der Waals surface area contributed by atoms with Gasteiger partial charge in [-0.2, -0.15) is 13.2 Å². The van der Waals surface area contributed by atoms with Gasteiger partial charge >= 0.3 is 6.18 Å². The van der Waals surface area contributed by atoms with Crippen molar-refractivity contribution in [3.8, 4) is 0 Å². The Bertz CT molecular complexity index is 1470. The molecule has 2 fully saturated rings. The normalized spacial score (nSPS) is 19.9. The van der Waals surface area contributed by atoms with Gasteiger partial charge in [0.15, 0.2) is 0 Å².